The number of hydrogen-bond acceptors (Lipinski definition) is 3. The van der Waals surface area contributed by atoms with Crippen LogP contribution < -0.4 is 0 Å². The van der Waals surface area contributed by atoms with E-state index in [1.165, 1.54) is 11.6 Å². The predicted octanol–water partition coefficient (Wildman–Crippen LogP) is 4.25. The number of aromatic nitrogens is 3. The van der Waals surface area contributed by atoms with Crippen LogP contribution in [0, 0.1) is 24.4 Å². The summed E-state index contributed by atoms with van der Waals surface area (Å²) in [6.45, 7) is 5.16. The SMILES string of the molecule is Cc1ccc(-n2c(C)nn(CN(C)Cc3cccc(F)c3)c2=S)cc1. The minimum absolute atomic E-state index is 0.220. The minimum atomic E-state index is -0.220. The highest BCUT2D eigenvalue weighted by Crippen LogP contribution is 2.14. The number of halogens is 1. The quantitative estimate of drug-likeness (QED) is 0.639. The molecule has 0 radical (unpaired) electrons. The first-order valence-electron chi connectivity index (χ1n) is 8.10. The lowest BCUT2D eigenvalue weighted by atomic mass is 10.2. The van der Waals surface area contributed by atoms with Crippen LogP contribution in [0.3, 0.4) is 0 Å². The van der Waals surface area contributed by atoms with E-state index in [2.05, 4.69) is 29.1 Å². The third kappa shape index (κ3) is 4.03. The van der Waals surface area contributed by atoms with Crippen molar-refractivity contribution >= 4 is 12.2 Å². The molecule has 1 heterocycles. The molecule has 0 N–H and O–H groups in total. The summed E-state index contributed by atoms with van der Waals surface area (Å²) in [4.78, 5) is 2.05. The van der Waals surface area contributed by atoms with Crippen LogP contribution >= 0.6 is 12.2 Å². The van der Waals surface area contributed by atoms with Gasteiger partial charge in [-0.05, 0) is 62.9 Å². The molecule has 4 nitrogen and oxygen atoms in total. The third-order valence-corrected chi connectivity index (χ3v) is 4.40. The van der Waals surface area contributed by atoms with Crippen molar-refractivity contribution in [3.63, 3.8) is 0 Å². The second kappa shape index (κ2) is 7.29. The topological polar surface area (TPSA) is 26.0 Å². The van der Waals surface area contributed by atoms with Gasteiger partial charge in [-0.2, -0.15) is 5.10 Å². The maximum absolute atomic E-state index is 13.3. The van der Waals surface area contributed by atoms with Crippen LogP contribution in [0.25, 0.3) is 5.69 Å². The Labute approximate surface area is 152 Å². The zero-order valence-corrected chi connectivity index (χ0v) is 15.4. The fourth-order valence-corrected chi connectivity index (χ4v) is 3.16. The maximum Gasteiger partial charge on any atom is 0.203 e. The lowest BCUT2D eigenvalue weighted by molar-refractivity contribution is 0.243. The molecule has 0 aliphatic rings. The average molecular weight is 356 g/mol. The second-order valence-corrected chi connectivity index (χ2v) is 6.65. The summed E-state index contributed by atoms with van der Waals surface area (Å²) in [7, 11) is 1.97. The molecule has 130 valence electrons. The molecule has 1 aromatic heterocycles. The van der Waals surface area contributed by atoms with E-state index in [9.17, 15) is 4.39 Å². The Morgan fingerprint density at radius 2 is 1.84 bits per heavy atom. The van der Waals surface area contributed by atoms with E-state index in [0.717, 1.165) is 17.1 Å². The minimum Gasteiger partial charge on any atom is -0.283 e. The number of aryl methyl sites for hydroxylation is 2. The fourth-order valence-electron chi connectivity index (χ4n) is 2.82. The molecular formula is C19H21FN4S. The Hall–Kier alpha value is -2.31. The molecular weight excluding hydrogens is 335 g/mol. The second-order valence-electron chi connectivity index (χ2n) is 6.29. The Bertz CT molecular complexity index is 927. The molecule has 0 aliphatic heterocycles. The molecule has 0 saturated carbocycles. The summed E-state index contributed by atoms with van der Waals surface area (Å²) < 4.78 is 17.7. The van der Waals surface area contributed by atoms with Crippen LogP contribution in [0.4, 0.5) is 4.39 Å². The molecule has 3 rings (SSSR count). The summed E-state index contributed by atoms with van der Waals surface area (Å²) in [5.74, 6) is 0.620. The van der Waals surface area contributed by atoms with Gasteiger partial charge in [-0.1, -0.05) is 29.8 Å². The molecule has 0 amide bonds. The lowest BCUT2D eigenvalue weighted by Crippen LogP contribution is -2.22. The number of hydrogen-bond donors (Lipinski definition) is 0. The van der Waals surface area contributed by atoms with Gasteiger partial charge >= 0.3 is 0 Å². The Kier molecular flexibility index (Phi) is 5.11. The highest BCUT2D eigenvalue weighted by molar-refractivity contribution is 7.71. The van der Waals surface area contributed by atoms with Crippen LogP contribution in [-0.2, 0) is 13.2 Å². The monoisotopic (exact) mass is 356 g/mol. The van der Waals surface area contributed by atoms with E-state index in [4.69, 9.17) is 12.2 Å². The Balaban J connectivity index is 1.80. The van der Waals surface area contributed by atoms with Gasteiger partial charge in [-0.3, -0.25) is 9.47 Å². The van der Waals surface area contributed by atoms with Gasteiger partial charge in [-0.25, -0.2) is 9.07 Å². The van der Waals surface area contributed by atoms with Crippen molar-refractivity contribution in [2.75, 3.05) is 7.05 Å². The zero-order chi connectivity index (χ0) is 18.0. The van der Waals surface area contributed by atoms with Gasteiger partial charge in [0, 0.05) is 12.2 Å². The van der Waals surface area contributed by atoms with Crippen molar-refractivity contribution in [3.8, 4) is 5.69 Å². The highest BCUT2D eigenvalue weighted by atomic mass is 32.1. The smallest absolute Gasteiger partial charge is 0.203 e. The molecule has 0 fully saturated rings. The largest absolute Gasteiger partial charge is 0.283 e. The molecule has 0 atom stereocenters. The van der Waals surface area contributed by atoms with Crippen molar-refractivity contribution in [1.82, 2.24) is 19.2 Å². The van der Waals surface area contributed by atoms with Crippen molar-refractivity contribution in [2.24, 2.45) is 0 Å². The van der Waals surface area contributed by atoms with Gasteiger partial charge in [0.05, 0.1) is 6.67 Å². The van der Waals surface area contributed by atoms with Gasteiger partial charge in [0.2, 0.25) is 4.77 Å². The maximum atomic E-state index is 13.3. The van der Waals surface area contributed by atoms with Crippen molar-refractivity contribution in [1.29, 1.82) is 0 Å². The van der Waals surface area contributed by atoms with Crippen LogP contribution in [0.1, 0.15) is 17.0 Å². The molecule has 0 aliphatic carbocycles. The number of nitrogens with zero attached hydrogens (tertiary/aromatic N) is 4. The van der Waals surface area contributed by atoms with Crippen molar-refractivity contribution in [3.05, 3.63) is 76.1 Å². The van der Waals surface area contributed by atoms with E-state index in [1.54, 1.807) is 16.8 Å². The molecule has 6 heteroatoms. The normalized spacial score (nSPS) is 11.2. The first kappa shape index (κ1) is 17.5. The average Bonchev–Trinajstić information content (AvgIpc) is 2.82. The molecule has 0 saturated heterocycles. The number of rotatable bonds is 5. The third-order valence-electron chi connectivity index (χ3n) is 4.01. The van der Waals surface area contributed by atoms with Crippen LogP contribution in [0.15, 0.2) is 48.5 Å². The van der Waals surface area contributed by atoms with Gasteiger partial charge in [-0.15, -0.1) is 0 Å². The summed E-state index contributed by atoms with van der Waals surface area (Å²) >= 11 is 5.61. The number of benzene rings is 2. The van der Waals surface area contributed by atoms with Gasteiger partial charge in [0.1, 0.15) is 11.6 Å². The van der Waals surface area contributed by atoms with E-state index in [-0.39, 0.29) is 5.82 Å². The fraction of sp³-hybridized carbons (Fsp3) is 0.263. The summed E-state index contributed by atoms with van der Waals surface area (Å²) in [5, 5.41) is 4.57. The first-order valence-corrected chi connectivity index (χ1v) is 8.51. The zero-order valence-electron chi connectivity index (χ0n) is 14.6. The van der Waals surface area contributed by atoms with Crippen molar-refractivity contribution < 1.29 is 4.39 Å². The Morgan fingerprint density at radius 1 is 1.12 bits per heavy atom. The lowest BCUT2D eigenvalue weighted by Gasteiger charge is -2.16. The van der Waals surface area contributed by atoms with E-state index >= 15 is 0 Å². The first-order chi connectivity index (χ1) is 11.9. The summed E-state index contributed by atoms with van der Waals surface area (Å²) in [6.07, 6.45) is 0. The van der Waals surface area contributed by atoms with Gasteiger partial charge in [0.15, 0.2) is 0 Å². The predicted molar refractivity (Wildman–Crippen MR) is 99.7 cm³/mol. The molecule has 0 unspecified atom stereocenters. The van der Waals surface area contributed by atoms with E-state index in [1.807, 2.05) is 36.7 Å². The Morgan fingerprint density at radius 3 is 2.52 bits per heavy atom. The summed E-state index contributed by atoms with van der Waals surface area (Å²) in [6, 6.07) is 14.8. The summed E-state index contributed by atoms with van der Waals surface area (Å²) in [5.41, 5.74) is 3.13. The molecule has 0 spiro atoms. The molecule has 25 heavy (non-hydrogen) atoms. The van der Waals surface area contributed by atoms with Gasteiger partial charge < -0.3 is 0 Å². The van der Waals surface area contributed by atoms with Crippen LogP contribution in [0.2, 0.25) is 0 Å². The van der Waals surface area contributed by atoms with Gasteiger partial charge in [0.25, 0.3) is 0 Å². The highest BCUT2D eigenvalue weighted by Gasteiger charge is 2.11. The van der Waals surface area contributed by atoms with E-state index < -0.39 is 0 Å². The molecule has 3 aromatic rings. The van der Waals surface area contributed by atoms with E-state index in [0.29, 0.717) is 18.0 Å². The molecule has 0 bridgehead atoms. The van der Waals surface area contributed by atoms with Crippen LogP contribution in [0.5, 0.6) is 0 Å². The van der Waals surface area contributed by atoms with Crippen LogP contribution in [-0.4, -0.2) is 26.3 Å². The van der Waals surface area contributed by atoms with Crippen molar-refractivity contribution in [2.45, 2.75) is 27.1 Å². The standard InChI is InChI=1S/C19H21FN4S/c1-14-7-9-18(10-8-14)24-15(2)21-23(19(24)25)13-22(3)12-16-5-4-6-17(20)11-16/h4-11H,12-13H2,1-3H3. The molecule has 2 aromatic carbocycles.